The molecule has 0 spiro atoms. The van der Waals surface area contributed by atoms with Crippen LogP contribution in [0, 0.1) is 25.2 Å². The van der Waals surface area contributed by atoms with Crippen molar-refractivity contribution in [3.8, 4) is 12.3 Å². The lowest BCUT2D eigenvalue weighted by molar-refractivity contribution is -0.117. The van der Waals surface area contributed by atoms with E-state index in [1.165, 1.54) is 11.3 Å². The highest BCUT2D eigenvalue weighted by Gasteiger charge is 2.30. The van der Waals surface area contributed by atoms with E-state index in [-0.39, 0.29) is 11.8 Å². The van der Waals surface area contributed by atoms with Crippen LogP contribution in [0.2, 0.25) is 0 Å². The van der Waals surface area contributed by atoms with Gasteiger partial charge in [-0.05, 0) is 6.92 Å². The molecular formula is C10H10N2OS. The van der Waals surface area contributed by atoms with Crippen molar-refractivity contribution in [3.05, 3.63) is 11.1 Å². The Kier molecular flexibility index (Phi) is 2.26. The minimum atomic E-state index is 0.0479. The van der Waals surface area contributed by atoms with E-state index in [1.54, 1.807) is 11.1 Å². The zero-order chi connectivity index (χ0) is 10.1. The molecule has 2 heterocycles. The number of carbonyl (C=O) groups is 1. The van der Waals surface area contributed by atoms with Crippen LogP contribution < -0.4 is 4.90 Å². The van der Waals surface area contributed by atoms with Crippen LogP contribution in [0.15, 0.2) is 6.20 Å². The molecule has 0 aromatic carbocycles. The second-order valence-electron chi connectivity index (χ2n) is 3.33. The smallest absolute Gasteiger partial charge is 0.230 e. The van der Waals surface area contributed by atoms with Gasteiger partial charge in [-0.1, -0.05) is 0 Å². The van der Waals surface area contributed by atoms with Gasteiger partial charge in [-0.3, -0.25) is 9.69 Å². The summed E-state index contributed by atoms with van der Waals surface area (Å²) < 4.78 is 0. The molecule has 1 saturated heterocycles. The number of rotatable bonds is 1. The number of thiazole rings is 1. The number of anilines is 1. The molecule has 0 bridgehead atoms. The summed E-state index contributed by atoms with van der Waals surface area (Å²) in [5, 5.41) is 0.769. The summed E-state index contributed by atoms with van der Waals surface area (Å²) in [4.78, 5) is 18.5. The van der Waals surface area contributed by atoms with E-state index in [2.05, 4.69) is 10.9 Å². The van der Waals surface area contributed by atoms with Crippen LogP contribution in [-0.2, 0) is 4.79 Å². The molecule has 1 atom stereocenters. The van der Waals surface area contributed by atoms with Crippen LogP contribution in [0.1, 0.15) is 11.3 Å². The molecule has 1 aromatic heterocycles. The Bertz CT molecular complexity index is 404. The summed E-state index contributed by atoms with van der Waals surface area (Å²) in [6, 6.07) is 0. The predicted octanol–water partition coefficient (Wildman–Crippen LogP) is 1.44. The molecule has 1 aliphatic rings. The number of hydrogen-bond donors (Lipinski definition) is 0. The Morgan fingerprint density at radius 1 is 1.79 bits per heavy atom. The van der Waals surface area contributed by atoms with E-state index >= 15 is 0 Å². The lowest BCUT2D eigenvalue weighted by Crippen LogP contribution is -2.23. The van der Waals surface area contributed by atoms with Crippen molar-refractivity contribution in [1.82, 2.24) is 4.98 Å². The van der Waals surface area contributed by atoms with Gasteiger partial charge in [0, 0.05) is 30.0 Å². The lowest BCUT2D eigenvalue weighted by Gasteiger charge is -2.10. The summed E-state index contributed by atoms with van der Waals surface area (Å²) in [6.45, 7) is 2.59. The zero-order valence-corrected chi connectivity index (χ0v) is 8.67. The van der Waals surface area contributed by atoms with Gasteiger partial charge in [0.15, 0.2) is 5.13 Å². The largest absolute Gasteiger partial charge is 0.287 e. The van der Waals surface area contributed by atoms with E-state index in [4.69, 9.17) is 6.42 Å². The molecule has 1 aromatic rings. The predicted molar refractivity (Wildman–Crippen MR) is 56.1 cm³/mol. The van der Waals surface area contributed by atoms with Gasteiger partial charge >= 0.3 is 0 Å². The molecule has 0 aliphatic carbocycles. The Morgan fingerprint density at radius 2 is 2.57 bits per heavy atom. The molecule has 14 heavy (non-hydrogen) atoms. The Hall–Kier alpha value is -1.34. The Labute approximate surface area is 86.8 Å². The van der Waals surface area contributed by atoms with Crippen molar-refractivity contribution in [2.45, 2.75) is 13.3 Å². The highest BCUT2D eigenvalue weighted by Crippen LogP contribution is 2.28. The molecule has 1 fully saturated rings. The third-order valence-electron chi connectivity index (χ3n) is 2.20. The zero-order valence-electron chi connectivity index (χ0n) is 7.86. The molecule has 1 aliphatic heterocycles. The van der Waals surface area contributed by atoms with E-state index in [9.17, 15) is 4.79 Å². The van der Waals surface area contributed by atoms with Gasteiger partial charge in [-0.2, -0.15) is 0 Å². The second-order valence-corrected chi connectivity index (χ2v) is 4.54. The molecule has 1 unspecified atom stereocenters. The number of amides is 1. The molecule has 4 heteroatoms. The topological polar surface area (TPSA) is 33.2 Å². The van der Waals surface area contributed by atoms with Gasteiger partial charge in [-0.15, -0.1) is 23.7 Å². The van der Waals surface area contributed by atoms with Crippen molar-refractivity contribution >= 4 is 22.4 Å². The first-order valence-electron chi connectivity index (χ1n) is 4.39. The van der Waals surface area contributed by atoms with Crippen molar-refractivity contribution in [2.24, 2.45) is 5.92 Å². The average molecular weight is 206 g/mol. The highest BCUT2D eigenvalue weighted by molar-refractivity contribution is 7.15. The van der Waals surface area contributed by atoms with Crippen molar-refractivity contribution < 1.29 is 4.79 Å². The van der Waals surface area contributed by atoms with Crippen molar-refractivity contribution in [2.75, 3.05) is 11.4 Å². The molecule has 0 radical (unpaired) electrons. The van der Waals surface area contributed by atoms with E-state index in [1.807, 2.05) is 6.92 Å². The standard InChI is InChI=1S/C10H10N2OS/c1-3-8-4-9(13)12(6-8)10-11-5-7(2)14-10/h1,5,8H,4,6H2,2H3. The average Bonchev–Trinajstić information content (AvgIpc) is 2.71. The number of terminal acetylenes is 1. The maximum absolute atomic E-state index is 11.6. The van der Waals surface area contributed by atoms with Gasteiger partial charge in [0.05, 0.1) is 0 Å². The molecule has 1 amide bonds. The summed E-state index contributed by atoms with van der Waals surface area (Å²) in [7, 11) is 0. The van der Waals surface area contributed by atoms with Crippen molar-refractivity contribution in [1.29, 1.82) is 0 Å². The number of aromatic nitrogens is 1. The first kappa shape index (κ1) is 9.22. The van der Waals surface area contributed by atoms with Gasteiger partial charge in [0.1, 0.15) is 0 Å². The van der Waals surface area contributed by atoms with E-state index < -0.39 is 0 Å². The molecule has 3 nitrogen and oxygen atoms in total. The van der Waals surface area contributed by atoms with Crippen LogP contribution in [0.5, 0.6) is 0 Å². The van der Waals surface area contributed by atoms with Crippen LogP contribution in [0.25, 0.3) is 0 Å². The Balaban J connectivity index is 2.21. The van der Waals surface area contributed by atoms with E-state index in [0.717, 1.165) is 10.0 Å². The SMILES string of the molecule is C#CC1CC(=O)N(c2ncc(C)s2)C1. The van der Waals surface area contributed by atoms with Crippen LogP contribution in [0.3, 0.4) is 0 Å². The van der Waals surface area contributed by atoms with Gasteiger partial charge in [0.25, 0.3) is 0 Å². The first-order chi connectivity index (χ1) is 6.70. The van der Waals surface area contributed by atoms with Gasteiger partial charge in [0.2, 0.25) is 5.91 Å². The number of aryl methyl sites for hydroxylation is 1. The summed E-state index contributed by atoms with van der Waals surface area (Å²) in [5.41, 5.74) is 0. The van der Waals surface area contributed by atoms with Gasteiger partial charge < -0.3 is 0 Å². The number of nitrogens with zero attached hydrogens (tertiary/aromatic N) is 2. The molecule has 72 valence electrons. The molecule has 2 rings (SSSR count). The third-order valence-corrected chi connectivity index (χ3v) is 3.14. The summed E-state index contributed by atoms with van der Waals surface area (Å²) in [6.07, 6.45) is 7.52. The molecular weight excluding hydrogens is 196 g/mol. The van der Waals surface area contributed by atoms with Crippen LogP contribution in [-0.4, -0.2) is 17.4 Å². The lowest BCUT2D eigenvalue weighted by atomic mass is 10.1. The summed E-state index contributed by atoms with van der Waals surface area (Å²) in [5.74, 6) is 2.75. The summed E-state index contributed by atoms with van der Waals surface area (Å²) >= 11 is 1.53. The van der Waals surface area contributed by atoms with Crippen LogP contribution in [0.4, 0.5) is 5.13 Å². The Morgan fingerprint density at radius 3 is 3.07 bits per heavy atom. The maximum atomic E-state index is 11.6. The van der Waals surface area contributed by atoms with E-state index in [0.29, 0.717) is 13.0 Å². The fourth-order valence-corrected chi connectivity index (χ4v) is 2.26. The fourth-order valence-electron chi connectivity index (χ4n) is 1.47. The first-order valence-corrected chi connectivity index (χ1v) is 5.21. The number of hydrogen-bond acceptors (Lipinski definition) is 3. The third kappa shape index (κ3) is 1.51. The quantitative estimate of drug-likeness (QED) is 0.651. The highest BCUT2D eigenvalue weighted by atomic mass is 32.1. The molecule has 0 N–H and O–H groups in total. The fraction of sp³-hybridized carbons (Fsp3) is 0.400. The second kappa shape index (κ2) is 3.43. The molecule has 0 saturated carbocycles. The minimum Gasteiger partial charge on any atom is -0.287 e. The minimum absolute atomic E-state index is 0.0479. The maximum Gasteiger partial charge on any atom is 0.230 e. The van der Waals surface area contributed by atoms with Crippen LogP contribution >= 0.6 is 11.3 Å². The van der Waals surface area contributed by atoms with Crippen molar-refractivity contribution in [3.63, 3.8) is 0 Å². The monoisotopic (exact) mass is 206 g/mol. The number of carbonyl (C=O) groups excluding carboxylic acids is 1. The normalized spacial score (nSPS) is 21.3. The van der Waals surface area contributed by atoms with Gasteiger partial charge in [-0.25, -0.2) is 4.98 Å².